The summed E-state index contributed by atoms with van der Waals surface area (Å²) in [6.07, 6.45) is 6.37. The van der Waals surface area contributed by atoms with Crippen LogP contribution in [0.2, 0.25) is 0 Å². The van der Waals surface area contributed by atoms with Crippen molar-refractivity contribution in [2.45, 2.75) is 59.4 Å². The molecule has 0 aliphatic rings. The molecule has 1 unspecified atom stereocenters. The minimum Gasteiger partial charge on any atom is -0.492 e. The number of nitrogens with one attached hydrogen (secondary N) is 1. The van der Waals surface area contributed by atoms with Gasteiger partial charge in [-0.3, -0.25) is 4.98 Å². The highest BCUT2D eigenvalue weighted by Gasteiger charge is 2.09. The number of ether oxygens (including phenoxy) is 1. The summed E-state index contributed by atoms with van der Waals surface area (Å²) < 4.78 is 5.72. The van der Waals surface area contributed by atoms with E-state index >= 15 is 0 Å². The molecule has 0 saturated heterocycles. The monoisotopic (exact) mass is 278 g/mol. The van der Waals surface area contributed by atoms with E-state index in [1.54, 1.807) is 0 Å². The molecule has 1 aromatic heterocycles. The Bertz CT molecular complexity index is 349. The molecule has 0 bridgehead atoms. The Morgan fingerprint density at radius 3 is 2.60 bits per heavy atom. The first-order valence-electron chi connectivity index (χ1n) is 7.99. The number of nitrogens with zero attached hydrogens (tertiary/aromatic N) is 1. The third kappa shape index (κ3) is 6.38. The zero-order chi connectivity index (χ0) is 14.8. The van der Waals surface area contributed by atoms with Crippen molar-refractivity contribution in [2.75, 3.05) is 13.2 Å². The average molecular weight is 278 g/mol. The maximum atomic E-state index is 5.72. The van der Waals surface area contributed by atoms with Crippen molar-refractivity contribution in [2.24, 2.45) is 5.92 Å². The van der Waals surface area contributed by atoms with Crippen molar-refractivity contribution >= 4 is 0 Å². The molecular weight excluding hydrogens is 248 g/mol. The van der Waals surface area contributed by atoms with Crippen molar-refractivity contribution in [1.29, 1.82) is 0 Å². The second kappa shape index (κ2) is 9.76. The van der Waals surface area contributed by atoms with Gasteiger partial charge in [-0.25, -0.2) is 0 Å². The van der Waals surface area contributed by atoms with E-state index in [0.29, 0.717) is 6.04 Å². The summed E-state index contributed by atoms with van der Waals surface area (Å²) in [6, 6.07) is 4.47. The van der Waals surface area contributed by atoms with Gasteiger partial charge in [-0.2, -0.15) is 0 Å². The van der Waals surface area contributed by atoms with Crippen LogP contribution in [0.3, 0.4) is 0 Å². The number of pyridine rings is 1. The molecule has 0 spiro atoms. The fraction of sp³-hybridized carbons (Fsp3) is 0.706. The van der Waals surface area contributed by atoms with Gasteiger partial charge in [0, 0.05) is 6.04 Å². The molecule has 114 valence electrons. The predicted molar refractivity (Wildman–Crippen MR) is 85.1 cm³/mol. The second-order valence-corrected chi connectivity index (χ2v) is 5.72. The van der Waals surface area contributed by atoms with E-state index in [1.807, 2.05) is 12.3 Å². The van der Waals surface area contributed by atoms with Gasteiger partial charge in [-0.15, -0.1) is 0 Å². The molecule has 0 amide bonds. The van der Waals surface area contributed by atoms with Crippen molar-refractivity contribution in [3.05, 3.63) is 24.0 Å². The summed E-state index contributed by atoms with van der Waals surface area (Å²) in [6.45, 7) is 10.7. The molecule has 1 atom stereocenters. The van der Waals surface area contributed by atoms with E-state index in [9.17, 15) is 0 Å². The summed E-state index contributed by atoms with van der Waals surface area (Å²) in [4.78, 5) is 4.53. The Morgan fingerprint density at radius 2 is 2.05 bits per heavy atom. The third-order valence-corrected chi connectivity index (χ3v) is 3.36. The number of aromatic nitrogens is 1. The molecule has 0 saturated carbocycles. The second-order valence-electron chi connectivity index (χ2n) is 5.72. The molecule has 0 aliphatic heterocycles. The third-order valence-electron chi connectivity index (χ3n) is 3.36. The molecule has 0 fully saturated rings. The van der Waals surface area contributed by atoms with Crippen LogP contribution in [0.5, 0.6) is 5.75 Å². The first-order chi connectivity index (χ1) is 9.67. The zero-order valence-corrected chi connectivity index (χ0v) is 13.5. The highest BCUT2D eigenvalue weighted by molar-refractivity contribution is 5.21. The minimum atomic E-state index is 0.352. The van der Waals surface area contributed by atoms with Crippen LogP contribution in [0, 0.1) is 5.92 Å². The van der Waals surface area contributed by atoms with Crippen LogP contribution in [0.15, 0.2) is 18.3 Å². The molecule has 3 nitrogen and oxygen atoms in total. The average Bonchev–Trinajstić information content (AvgIpc) is 2.45. The fourth-order valence-corrected chi connectivity index (χ4v) is 2.14. The van der Waals surface area contributed by atoms with Crippen LogP contribution in [-0.4, -0.2) is 18.1 Å². The van der Waals surface area contributed by atoms with Crippen LogP contribution in [-0.2, 0) is 0 Å². The number of hydrogen-bond acceptors (Lipinski definition) is 3. The van der Waals surface area contributed by atoms with E-state index in [0.717, 1.165) is 49.8 Å². The van der Waals surface area contributed by atoms with Gasteiger partial charge in [-0.05, 0) is 50.3 Å². The molecule has 0 aliphatic carbocycles. The maximum Gasteiger partial charge on any atom is 0.137 e. The van der Waals surface area contributed by atoms with E-state index < -0.39 is 0 Å². The largest absolute Gasteiger partial charge is 0.492 e. The Morgan fingerprint density at radius 1 is 1.25 bits per heavy atom. The molecule has 0 radical (unpaired) electrons. The molecule has 20 heavy (non-hydrogen) atoms. The van der Waals surface area contributed by atoms with Gasteiger partial charge < -0.3 is 10.1 Å². The summed E-state index contributed by atoms with van der Waals surface area (Å²) in [5, 5.41) is 3.52. The van der Waals surface area contributed by atoms with Crippen LogP contribution in [0.4, 0.5) is 0 Å². The van der Waals surface area contributed by atoms with Crippen molar-refractivity contribution in [3.63, 3.8) is 0 Å². The molecule has 1 heterocycles. The van der Waals surface area contributed by atoms with Crippen molar-refractivity contribution < 1.29 is 4.74 Å². The first-order valence-corrected chi connectivity index (χ1v) is 7.99. The highest BCUT2D eigenvalue weighted by atomic mass is 16.5. The van der Waals surface area contributed by atoms with Gasteiger partial charge in [0.05, 0.1) is 18.5 Å². The Kier molecular flexibility index (Phi) is 8.28. The van der Waals surface area contributed by atoms with Crippen LogP contribution in [0.1, 0.15) is 65.1 Å². The maximum absolute atomic E-state index is 5.72. The summed E-state index contributed by atoms with van der Waals surface area (Å²) in [7, 11) is 0. The quantitative estimate of drug-likeness (QED) is 0.646. The summed E-state index contributed by atoms with van der Waals surface area (Å²) in [5.41, 5.74) is 1.11. The van der Waals surface area contributed by atoms with Crippen molar-refractivity contribution in [3.8, 4) is 5.75 Å². The van der Waals surface area contributed by atoms with Crippen LogP contribution in [0.25, 0.3) is 0 Å². The first kappa shape index (κ1) is 17.0. The Labute approximate surface area is 124 Å². The van der Waals surface area contributed by atoms with Crippen molar-refractivity contribution in [1.82, 2.24) is 10.3 Å². The predicted octanol–water partition coefficient (Wildman–Crippen LogP) is 4.35. The van der Waals surface area contributed by atoms with E-state index in [2.05, 4.69) is 44.1 Å². The highest BCUT2D eigenvalue weighted by Crippen LogP contribution is 2.17. The standard InChI is InChI=1S/C17H30N2O/c1-5-11-18-16(6-2)17-10-9-15(13-19-17)20-12-7-8-14(3)4/h9-10,13-14,16,18H,5-8,11-12H2,1-4H3. The van der Waals surface area contributed by atoms with Gasteiger partial charge in [-0.1, -0.05) is 27.7 Å². The topological polar surface area (TPSA) is 34.1 Å². The lowest BCUT2D eigenvalue weighted by atomic mass is 10.1. The van der Waals surface area contributed by atoms with Crippen LogP contribution < -0.4 is 10.1 Å². The lowest BCUT2D eigenvalue weighted by Gasteiger charge is -2.16. The molecular formula is C17H30N2O. The minimum absolute atomic E-state index is 0.352. The lowest BCUT2D eigenvalue weighted by molar-refractivity contribution is 0.296. The van der Waals surface area contributed by atoms with Gasteiger partial charge in [0.1, 0.15) is 5.75 Å². The number of hydrogen-bond donors (Lipinski definition) is 1. The fourth-order valence-electron chi connectivity index (χ4n) is 2.14. The van der Waals surface area contributed by atoms with E-state index in [-0.39, 0.29) is 0 Å². The Balaban J connectivity index is 2.42. The van der Waals surface area contributed by atoms with Gasteiger partial charge in [0.25, 0.3) is 0 Å². The normalized spacial score (nSPS) is 12.7. The Hall–Kier alpha value is -1.09. The van der Waals surface area contributed by atoms with Crippen LogP contribution >= 0.6 is 0 Å². The lowest BCUT2D eigenvalue weighted by Crippen LogP contribution is -2.22. The molecule has 1 aromatic rings. The molecule has 3 heteroatoms. The molecule has 0 aromatic carbocycles. The van der Waals surface area contributed by atoms with E-state index in [4.69, 9.17) is 4.74 Å². The summed E-state index contributed by atoms with van der Waals surface area (Å²) >= 11 is 0. The van der Waals surface area contributed by atoms with Gasteiger partial charge >= 0.3 is 0 Å². The smallest absolute Gasteiger partial charge is 0.137 e. The van der Waals surface area contributed by atoms with Gasteiger partial charge in [0.2, 0.25) is 0 Å². The molecule has 1 N–H and O–H groups in total. The zero-order valence-electron chi connectivity index (χ0n) is 13.5. The SMILES string of the molecule is CCCNC(CC)c1ccc(OCCCC(C)C)cn1. The summed E-state index contributed by atoms with van der Waals surface area (Å²) in [5.74, 6) is 1.62. The number of rotatable bonds is 10. The van der Waals surface area contributed by atoms with Gasteiger partial charge in [0.15, 0.2) is 0 Å². The molecule has 1 rings (SSSR count). The van der Waals surface area contributed by atoms with E-state index in [1.165, 1.54) is 6.42 Å².